The molecule has 2 aliphatic rings. The molecule has 36 heavy (non-hydrogen) atoms. The molecule has 1 amide bonds. The SMILES string of the molecule is N=C(C(=O)O)/C(=C\NCC(=O)N1CCc2[nH]nnc2C1)c1cnc(NC2Cc3ccccc3C2)nc1. The fraction of sp³-hybridized carbons (Fsp3) is 0.292. The molecule has 5 N–H and O–H groups in total. The van der Waals surface area contributed by atoms with Gasteiger partial charge < -0.3 is 20.6 Å². The van der Waals surface area contributed by atoms with Crippen molar-refractivity contribution in [3.05, 3.63) is 70.9 Å². The lowest BCUT2D eigenvalue weighted by atomic mass is 10.1. The highest BCUT2D eigenvalue weighted by Crippen LogP contribution is 2.24. The summed E-state index contributed by atoms with van der Waals surface area (Å²) in [6.07, 6.45) is 6.69. The van der Waals surface area contributed by atoms with E-state index in [9.17, 15) is 14.7 Å². The van der Waals surface area contributed by atoms with Crippen LogP contribution in [0.4, 0.5) is 5.95 Å². The van der Waals surface area contributed by atoms with E-state index in [1.54, 1.807) is 4.90 Å². The lowest BCUT2D eigenvalue weighted by molar-refractivity contribution is -0.131. The van der Waals surface area contributed by atoms with Gasteiger partial charge in [0.2, 0.25) is 11.9 Å². The molecule has 0 unspecified atom stereocenters. The van der Waals surface area contributed by atoms with Crippen molar-refractivity contribution in [2.45, 2.75) is 31.8 Å². The second-order valence-electron chi connectivity index (χ2n) is 8.73. The van der Waals surface area contributed by atoms with E-state index in [2.05, 4.69) is 48.1 Å². The Morgan fingerprint density at radius 2 is 1.92 bits per heavy atom. The number of anilines is 1. The van der Waals surface area contributed by atoms with Crippen molar-refractivity contribution < 1.29 is 14.7 Å². The number of carboxylic acid groups (broad SMARTS) is 1. The van der Waals surface area contributed by atoms with Crippen LogP contribution in [0.15, 0.2) is 42.9 Å². The van der Waals surface area contributed by atoms with E-state index in [0.717, 1.165) is 24.2 Å². The summed E-state index contributed by atoms with van der Waals surface area (Å²) in [5.74, 6) is -1.14. The number of nitrogens with zero attached hydrogens (tertiary/aromatic N) is 5. The number of H-pyrrole nitrogens is 1. The van der Waals surface area contributed by atoms with E-state index in [-0.39, 0.29) is 24.1 Å². The summed E-state index contributed by atoms with van der Waals surface area (Å²) in [7, 11) is 0. The van der Waals surface area contributed by atoms with Gasteiger partial charge in [-0.2, -0.15) is 0 Å². The van der Waals surface area contributed by atoms with E-state index < -0.39 is 11.7 Å². The van der Waals surface area contributed by atoms with Crippen LogP contribution in [-0.4, -0.2) is 72.1 Å². The number of nitrogens with one attached hydrogen (secondary N) is 4. The number of benzene rings is 1. The number of aliphatic carboxylic acids is 1. The fourth-order valence-corrected chi connectivity index (χ4v) is 4.47. The van der Waals surface area contributed by atoms with E-state index in [0.29, 0.717) is 31.0 Å². The molecule has 5 rings (SSSR count). The predicted octanol–water partition coefficient (Wildman–Crippen LogP) is 0.794. The Bertz CT molecular complexity index is 1310. The van der Waals surface area contributed by atoms with Crippen LogP contribution in [0.1, 0.15) is 28.1 Å². The van der Waals surface area contributed by atoms with Crippen LogP contribution in [0, 0.1) is 5.41 Å². The monoisotopic (exact) mass is 487 g/mol. The molecule has 0 bridgehead atoms. The Morgan fingerprint density at radius 3 is 2.61 bits per heavy atom. The number of rotatable bonds is 8. The Balaban J connectivity index is 1.22. The maximum Gasteiger partial charge on any atom is 0.354 e. The van der Waals surface area contributed by atoms with Gasteiger partial charge in [-0.15, -0.1) is 5.10 Å². The van der Waals surface area contributed by atoms with Crippen LogP contribution in [0.5, 0.6) is 0 Å². The van der Waals surface area contributed by atoms with Gasteiger partial charge in [0.1, 0.15) is 11.4 Å². The van der Waals surface area contributed by atoms with Crippen LogP contribution in [0.3, 0.4) is 0 Å². The Hall–Kier alpha value is -4.61. The van der Waals surface area contributed by atoms with Gasteiger partial charge in [0, 0.05) is 48.7 Å². The van der Waals surface area contributed by atoms with Crippen molar-refractivity contribution in [1.82, 2.24) is 35.6 Å². The number of aromatic amines is 1. The molecule has 0 saturated carbocycles. The molecule has 3 aromatic rings. The highest BCUT2D eigenvalue weighted by Gasteiger charge is 2.24. The zero-order valence-electron chi connectivity index (χ0n) is 19.4. The summed E-state index contributed by atoms with van der Waals surface area (Å²) in [4.78, 5) is 34.4. The van der Waals surface area contributed by atoms with Gasteiger partial charge in [0.25, 0.3) is 0 Å². The lowest BCUT2D eigenvalue weighted by Gasteiger charge is -2.25. The molecule has 0 radical (unpaired) electrons. The molecule has 0 atom stereocenters. The van der Waals surface area contributed by atoms with Crippen molar-refractivity contribution in [2.75, 3.05) is 18.4 Å². The third-order valence-electron chi connectivity index (χ3n) is 6.36. The number of fused-ring (bicyclic) bond motifs is 2. The molecular weight excluding hydrogens is 462 g/mol. The summed E-state index contributed by atoms with van der Waals surface area (Å²) < 4.78 is 0. The largest absolute Gasteiger partial charge is 0.477 e. The highest BCUT2D eigenvalue weighted by atomic mass is 16.4. The molecule has 0 saturated heterocycles. The first-order valence-electron chi connectivity index (χ1n) is 11.6. The number of hydrogen-bond acceptors (Lipinski definition) is 9. The Morgan fingerprint density at radius 1 is 1.19 bits per heavy atom. The second-order valence-corrected chi connectivity index (χ2v) is 8.73. The van der Waals surface area contributed by atoms with Crippen LogP contribution in [0.2, 0.25) is 0 Å². The normalized spacial score (nSPS) is 15.2. The van der Waals surface area contributed by atoms with Crippen molar-refractivity contribution >= 4 is 29.1 Å². The second kappa shape index (κ2) is 9.94. The van der Waals surface area contributed by atoms with Gasteiger partial charge in [0.15, 0.2) is 0 Å². The number of carboxylic acids is 1. The van der Waals surface area contributed by atoms with Gasteiger partial charge in [0.05, 0.1) is 18.8 Å². The zero-order valence-corrected chi connectivity index (χ0v) is 19.4. The maximum atomic E-state index is 12.6. The summed E-state index contributed by atoms with van der Waals surface area (Å²) in [6.45, 7) is 0.835. The summed E-state index contributed by atoms with van der Waals surface area (Å²) in [5, 5.41) is 34.1. The van der Waals surface area contributed by atoms with Crippen molar-refractivity contribution in [3.63, 3.8) is 0 Å². The van der Waals surface area contributed by atoms with Crippen LogP contribution in [0.25, 0.3) is 5.57 Å². The maximum absolute atomic E-state index is 12.6. The summed E-state index contributed by atoms with van der Waals surface area (Å²) in [6, 6.07) is 8.46. The van der Waals surface area contributed by atoms with E-state index in [4.69, 9.17) is 5.41 Å². The fourth-order valence-electron chi connectivity index (χ4n) is 4.47. The van der Waals surface area contributed by atoms with Crippen LogP contribution < -0.4 is 10.6 Å². The zero-order chi connectivity index (χ0) is 25.1. The van der Waals surface area contributed by atoms with E-state index >= 15 is 0 Å². The van der Waals surface area contributed by atoms with Crippen LogP contribution >= 0.6 is 0 Å². The van der Waals surface area contributed by atoms with E-state index in [1.165, 1.54) is 29.7 Å². The minimum atomic E-state index is -1.39. The van der Waals surface area contributed by atoms with Crippen molar-refractivity contribution in [3.8, 4) is 0 Å². The first-order chi connectivity index (χ1) is 17.5. The number of carbonyl (C=O) groups is 2. The molecule has 3 heterocycles. The lowest BCUT2D eigenvalue weighted by Crippen LogP contribution is -2.40. The number of carbonyl (C=O) groups excluding carboxylic acids is 1. The topological polar surface area (TPSA) is 173 Å². The molecule has 0 spiro atoms. The first kappa shape index (κ1) is 23.1. The molecule has 12 heteroatoms. The average molecular weight is 488 g/mol. The quantitative estimate of drug-likeness (QED) is 0.288. The number of aromatic nitrogens is 5. The van der Waals surface area contributed by atoms with Gasteiger partial charge in [-0.1, -0.05) is 29.5 Å². The molecule has 0 fully saturated rings. The van der Waals surface area contributed by atoms with Crippen LogP contribution in [-0.2, 0) is 35.4 Å². The van der Waals surface area contributed by atoms with Crippen molar-refractivity contribution in [1.29, 1.82) is 5.41 Å². The van der Waals surface area contributed by atoms with Gasteiger partial charge in [-0.05, 0) is 24.0 Å². The van der Waals surface area contributed by atoms with Gasteiger partial charge in [-0.25, -0.2) is 14.8 Å². The van der Waals surface area contributed by atoms with E-state index in [1.807, 2.05) is 12.1 Å². The number of hydrogen-bond donors (Lipinski definition) is 5. The first-order valence-corrected chi connectivity index (χ1v) is 11.6. The highest BCUT2D eigenvalue weighted by molar-refractivity contribution is 6.52. The summed E-state index contributed by atoms with van der Waals surface area (Å²) >= 11 is 0. The summed E-state index contributed by atoms with van der Waals surface area (Å²) in [5.41, 5.74) is 4.08. The van der Waals surface area contributed by atoms with Gasteiger partial charge >= 0.3 is 5.97 Å². The average Bonchev–Trinajstić information content (AvgIpc) is 3.52. The predicted molar refractivity (Wildman–Crippen MR) is 130 cm³/mol. The van der Waals surface area contributed by atoms with Crippen molar-refractivity contribution in [2.24, 2.45) is 0 Å². The smallest absolute Gasteiger partial charge is 0.354 e. The molecule has 2 aromatic heterocycles. The Kier molecular flexibility index (Phi) is 6.39. The minimum Gasteiger partial charge on any atom is -0.477 e. The molecular formula is C24H25N9O3. The molecule has 1 aromatic carbocycles. The molecule has 184 valence electrons. The molecule has 1 aliphatic carbocycles. The third-order valence-corrected chi connectivity index (χ3v) is 6.36. The van der Waals surface area contributed by atoms with Gasteiger partial charge in [-0.3, -0.25) is 15.3 Å². The standard InChI is InChI=1S/C24H25N9O3/c25-22(23(35)36)18(11-26-12-21(34)33-6-5-19-20(13-33)31-32-30-19)16-9-27-24(28-10-16)29-17-7-14-3-1-2-4-15(14)8-17/h1-4,9-11,17,25-26H,5-8,12-13H2,(H,35,36)(H,27,28,29)(H,30,31,32)/b18-11-,25-22?. The Labute approximate surface area is 206 Å². The molecule has 1 aliphatic heterocycles. The third kappa shape index (κ3) is 4.92. The minimum absolute atomic E-state index is 0.0632. The number of amides is 1. The molecule has 12 nitrogen and oxygen atoms in total.